The highest BCUT2D eigenvalue weighted by Gasteiger charge is 2.23. The molecule has 1 saturated heterocycles. The predicted molar refractivity (Wildman–Crippen MR) is 94.5 cm³/mol. The summed E-state index contributed by atoms with van der Waals surface area (Å²) in [6.45, 7) is 6.27. The van der Waals surface area contributed by atoms with Gasteiger partial charge in [0.1, 0.15) is 5.75 Å². The zero-order chi connectivity index (χ0) is 18.4. The Morgan fingerprint density at radius 2 is 1.92 bits per heavy atom. The van der Waals surface area contributed by atoms with E-state index in [1.54, 1.807) is 18.7 Å². The zero-order valence-corrected chi connectivity index (χ0v) is 16.0. The lowest BCUT2D eigenvalue weighted by atomic mass is 10.3. The molecule has 1 aliphatic heterocycles. The maximum absolute atomic E-state index is 12.5. The third kappa shape index (κ3) is 4.84. The summed E-state index contributed by atoms with van der Waals surface area (Å²) < 4.78 is 37.0. The van der Waals surface area contributed by atoms with Crippen molar-refractivity contribution in [1.82, 2.24) is 9.21 Å². The van der Waals surface area contributed by atoms with Crippen molar-refractivity contribution in [3.63, 3.8) is 0 Å². The van der Waals surface area contributed by atoms with Crippen molar-refractivity contribution in [1.29, 1.82) is 0 Å². The van der Waals surface area contributed by atoms with Crippen LogP contribution >= 0.6 is 11.6 Å². The number of benzene rings is 1. The third-order valence-corrected chi connectivity index (χ3v) is 6.30. The third-order valence-electron chi connectivity index (χ3n) is 3.96. The first-order valence-electron chi connectivity index (χ1n) is 8.18. The van der Waals surface area contributed by atoms with Crippen molar-refractivity contribution in [2.24, 2.45) is 0 Å². The van der Waals surface area contributed by atoms with Crippen LogP contribution < -0.4 is 4.74 Å². The van der Waals surface area contributed by atoms with Crippen LogP contribution in [0.25, 0.3) is 0 Å². The minimum absolute atomic E-state index is 0.105. The van der Waals surface area contributed by atoms with E-state index < -0.39 is 10.0 Å². The summed E-state index contributed by atoms with van der Waals surface area (Å²) in [4.78, 5) is 13.8. The Balaban J connectivity index is 2.05. The van der Waals surface area contributed by atoms with Crippen LogP contribution in [0.4, 0.5) is 0 Å². The lowest BCUT2D eigenvalue weighted by Crippen LogP contribution is -2.43. The van der Waals surface area contributed by atoms with E-state index in [-0.39, 0.29) is 28.2 Å². The monoisotopic (exact) mass is 390 g/mol. The normalized spacial score (nSPS) is 15.4. The van der Waals surface area contributed by atoms with Crippen LogP contribution in [0.15, 0.2) is 23.1 Å². The van der Waals surface area contributed by atoms with Gasteiger partial charge in [-0.05, 0) is 18.2 Å². The smallest absolute Gasteiger partial charge is 0.260 e. The van der Waals surface area contributed by atoms with Gasteiger partial charge in [-0.15, -0.1) is 0 Å². The molecule has 0 N–H and O–H groups in total. The van der Waals surface area contributed by atoms with Gasteiger partial charge in [0.25, 0.3) is 5.91 Å². The van der Waals surface area contributed by atoms with E-state index in [9.17, 15) is 13.2 Å². The second-order valence-corrected chi connectivity index (χ2v) is 7.81. The van der Waals surface area contributed by atoms with Gasteiger partial charge in [0, 0.05) is 26.2 Å². The molecule has 1 aromatic carbocycles. The van der Waals surface area contributed by atoms with Crippen LogP contribution in [0.3, 0.4) is 0 Å². The first-order chi connectivity index (χ1) is 11.9. The molecule has 140 valence electrons. The topological polar surface area (TPSA) is 76.2 Å². The van der Waals surface area contributed by atoms with Gasteiger partial charge in [-0.1, -0.05) is 25.4 Å². The van der Waals surface area contributed by atoms with Crippen LogP contribution in [-0.2, 0) is 19.6 Å². The Kier molecular flexibility index (Phi) is 7.06. The number of hydrogen-bond donors (Lipinski definition) is 0. The maximum atomic E-state index is 12.5. The second kappa shape index (κ2) is 8.84. The summed E-state index contributed by atoms with van der Waals surface area (Å²) in [6, 6.07) is 4.27. The quantitative estimate of drug-likeness (QED) is 0.707. The van der Waals surface area contributed by atoms with E-state index in [1.807, 2.05) is 0 Å². The molecule has 0 bridgehead atoms. The Bertz CT molecular complexity index is 700. The number of carbonyl (C=O) groups excluding carboxylic acids is 1. The number of ether oxygens (including phenoxy) is 2. The summed E-state index contributed by atoms with van der Waals surface area (Å²) in [5.41, 5.74) is 0. The summed E-state index contributed by atoms with van der Waals surface area (Å²) >= 11 is 6.14. The van der Waals surface area contributed by atoms with Crippen LogP contribution in [-0.4, -0.2) is 69.5 Å². The molecule has 0 aliphatic carbocycles. The van der Waals surface area contributed by atoms with Crippen LogP contribution in [0, 0.1) is 0 Å². The number of sulfonamides is 1. The van der Waals surface area contributed by atoms with Gasteiger partial charge in [0.2, 0.25) is 10.0 Å². The molecule has 0 saturated carbocycles. The summed E-state index contributed by atoms with van der Waals surface area (Å²) in [5.74, 6) is 0.126. The zero-order valence-electron chi connectivity index (χ0n) is 14.4. The minimum Gasteiger partial charge on any atom is -0.482 e. The molecule has 2 rings (SSSR count). The molecular formula is C16H23ClN2O5S. The standard InChI is InChI=1S/C16H23ClN2O5S/c1-3-19(4-2)25(21,22)13-5-6-15(14(17)11-13)24-12-16(20)18-7-9-23-10-8-18/h5-6,11H,3-4,7-10,12H2,1-2H3. The van der Waals surface area contributed by atoms with Crippen molar-refractivity contribution in [3.05, 3.63) is 23.2 Å². The number of halogens is 1. The minimum atomic E-state index is -3.58. The molecule has 1 fully saturated rings. The van der Waals surface area contributed by atoms with Crippen molar-refractivity contribution in [3.8, 4) is 5.75 Å². The van der Waals surface area contributed by atoms with Gasteiger partial charge < -0.3 is 14.4 Å². The highest BCUT2D eigenvalue weighted by atomic mass is 35.5. The highest BCUT2D eigenvalue weighted by Crippen LogP contribution is 2.28. The molecule has 1 aromatic rings. The Labute approximate surface area is 153 Å². The largest absolute Gasteiger partial charge is 0.482 e. The van der Waals surface area contributed by atoms with E-state index in [2.05, 4.69) is 0 Å². The van der Waals surface area contributed by atoms with Crippen LogP contribution in [0.5, 0.6) is 5.75 Å². The van der Waals surface area contributed by atoms with Crippen LogP contribution in [0.1, 0.15) is 13.8 Å². The number of morpholine rings is 1. The van der Waals surface area contributed by atoms with Crippen molar-refractivity contribution >= 4 is 27.5 Å². The number of hydrogen-bond acceptors (Lipinski definition) is 5. The number of rotatable bonds is 7. The molecule has 1 heterocycles. The fourth-order valence-electron chi connectivity index (χ4n) is 2.52. The second-order valence-electron chi connectivity index (χ2n) is 5.46. The van der Waals surface area contributed by atoms with Crippen molar-refractivity contribution in [2.75, 3.05) is 46.0 Å². The van der Waals surface area contributed by atoms with E-state index >= 15 is 0 Å². The fourth-order valence-corrected chi connectivity index (χ4v) is 4.30. The van der Waals surface area contributed by atoms with E-state index in [4.69, 9.17) is 21.1 Å². The maximum Gasteiger partial charge on any atom is 0.260 e. The molecule has 7 nitrogen and oxygen atoms in total. The number of nitrogens with zero attached hydrogens (tertiary/aromatic N) is 2. The molecule has 1 aliphatic rings. The van der Waals surface area contributed by atoms with Gasteiger partial charge in [0.05, 0.1) is 23.1 Å². The number of carbonyl (C=O) groups is 1. The molecule has 0 aromatic heterocycles. The summed E-state index contributed by atoms with van der Waals surface area (Å²) in [5, 5.41) is 0.156. The van der Waals surface area contributed by atoms with E-state index in [0.717, 1.165) is 0 Å². The predicted octanol–water partition coefficient (Wildman–Crippen LogP) is 1.61. The average molecular weight is 391 g/mol. The highest BCUT2D eigenvalue weighted by molar-refractivity contribution is 7.89. The molecule has 0 spiro atoms. The Hall–Kier alpha value is -1.35. The van der Waals surface area contributed by atoms with Crippen LogP contribution in [0.2, 0.25) is 5.02 Å². The van der Waals surface area contributed by atoms with E-state index in [0.29, 0.717) is 39.4 Å². The Morgan fingerprint density at radius 1 is 1.28 bits per heavy atom. The van der Waals surface area contributed by atoms with Gasteiger partial charge >= 0.3 is 0 Å². The molecular weight excluding hydrogens is 368 g/mol. The molecule has 9 heteroatoms. The lowest BCUT2D eigenvalue weighted by Gasteiger charge is -2.26. The number of amides is 1. The first-order valence-corrected chi connectivity index (χ1v) is 10.00. The lowest BCUT2D eigenvalue weighted by molar-refractivity contribution is -0.137. The summed E-state index contributed by atoms with van der Waals surface area (Å²) in [6.07, 6.45) is 0. The first kappa shape index (κ1) is 20.0. The molecule has 1 amide bonds. The van der Waals surface area contributed by atoms with Gasteiger partial charge in [-0.3, -0.25) is 4.79 Å². The molecule has 0 unspecified atom stereocenters. The van der Waals surface area contributed by atoms with Gasteiger partial charge in [0.15, 0.2) is 6.61 Å². The van der Waals surface area contributed by atoms with Crippen molar-refractivity contribution in [2.45, 2.75) is 18.7 Å². The van der Waals surface area contributed by atoms with Gasteiger partial charge in [-0.2, -0.15) is 4.31 Å². The van der Waals surface area contributed by atoms with Crippen molar-refractivity contribution < 1.29 is 22.7 Å². The average Bonchev–Trinajstić information content (AvgIpc) is 2.61. The Morgan fingerprint density at radius 3 is 2.48 bits per heavy atom. The van der Waals surface area contributed by atoms with Gasteiger partial charge in [-0.25, -0.2) is 8.42 Å². The molecule has 25 heavy (non-hydrogen) atoms. The molecule has 0 radical (unpaired) electrons. The fraction of sp³-hybridized carbons (Fsp3) is 0.562. The van der Waals surface area contributed by atoms with E-state index in [1.165, 1.54) is 22.5 Å². The molecule has 0 atom stereocenters. The SMILES string of the molecule is CCN(CC)S(=O)(=O)c1ccc(OCC(=O)N2CCOCC2)c(Cl)c1. The summed E-state index contributed by atoms with van der Waals surface area (Å²) in [7, 11) is -3.58.